The highest BCUT2D eigenvalue weighted by molar-refractivity contribution is 5.91. The SMILES string of the molecule is Cc1nc(-c2ccc(OCC(=O)Nc3ccc(C(C)C)cc3)cc2)no1. The minimum Gasteiger partial charge on any atom is -0.484 e. The average molecular weight is 351 g/mol. The maximum absolute atomic E-state index is 12.0. The normalized spacial score (nSPS) is 10.8. The first-order chi connectivity index (χ1) is 12.5. The van der Waals surface area contributed by atoms with Gasteiger partial charge in [0, 0.05) is 18.2 Å². The molecule has 0 aliphatic heterocycles. The predicted octanol–water partition coefficient (Wildman–Crippen LogP) is 4.19. The van der Waals surface area contributed by atoms with Crippen molar-refractivity contribution in [2.45, 2.75) is 26.7 Å². The van der Waals surface area contributed by atoms with Crippen molar-refractivity contribution >= 4 is 11.6 Å². The molecule has 0 saturated heterocycles. The molecule has 3 aromatic rings. The number of benzene rings is 2. The molecule has 26 heavy (non-hydrogen) atoms. The fourth-order valence-corrected chi connectivity index (χ4v) is 2.41. The molecule has 0 spiro atoms. The van der Waals surface area contributed by atoms with Crippen molar-refractivity contribution in [3.63, 3.8) is 0 Å². The molecule has 0 aliphatic carbocycles. The molecular weight excluding hydrogens is 330 g/mol. The lowest BCUT2D eigenvalue weighted by molar-refractivity contribution is -0.118. The van der Waals surface area contributed by atoms with Crippen LogP contribution in [0, 0.1) is 6.92 Å². The first kappa shape index (κ1) is 17.7. The zero-order chi connectivity index (χ0) is 18.5. The van der Waals surface area contributed by atoms with E-state index < -0.39 is 0 Å². The highest BCUT2D eigenvalue weighted by Crippen LogP contribution is 2.20. The Morgan fingerprint density at radius 3 is 2.38 bits per heavy atom. The van der Waals surface area contributed by atoms with Gasteiger partial charge >= 0.3 is 0 Å². The van der Waals surface area contributed by atoms with Crippen LogP contribution in [0.15, 0.2) is 53.1 Å². The van der Waals surface area contributed by atoms with Gasteiger partial charge in [-0.15, -0.1) is 0 Å². The summed E-state index contributed by atoms with van der Waals surface area (Å²) in [4.78, 5) is 16.2. The highest BCUT2D eigenvalue weighted by atomic mass is 16.5. The monoisotopic (exact) mass is 351 g/mol. The summed E-state index contributed by atoms with van der Waals surface area (Å²) in [6.45, 7) is 5.94. The zero-order valence-electron chi connectivity index (χ0n) is 15.0. The topological polar surface area (TPSA) is 77.2 Å². The number of anilines is 1. The van der Waals surface area contributed by atoms with Gasteiger partial charge in [0.25, 0.3) is 5.91 Å². The second-order valence-electron chi connectivity index (χ2n) is 6.27. The van der Waals surface area contributed by atoms with E-state index >= 15 is 0 Å². The zero-order valence-corrected chi connectivity index (χ0v) is 15.0. The molecule has 0 unspecified atom stereocenters. The largest absolute Gasteiger partial charge is 0.484 e. The maximum atomic E-state index is 12.0. The molecule has 0 saturated carbocycles. The first-order valence-electron chi connectivity index (χ1n) is 8.44. The molecule has 1 heterocycles. The number of carbonyl (C=O) groups is 1. The van der Waals surface area contributed by atoms with Gasteiger partial charge in [-0.2, -0.15) is 4.98 Å². The standard InChI is InChI=1S/C20H21N3O3/c1-13(2)15-4-8-17(9-5-15)22-19(24)12-25-18-10-6-16(7-11-18)20-21-14(3)26-23-20/h4-11,13H,12H2,1-3H3,(H,22,24). The number of hydrogen-bond acceptors (Lipinski definition) is 5. The Kier molecular flexibility index (Phi) is 5.31. The lowest BCUT2D eigenvalue weighted by Crippen LogP contribution is -2.20. The number of aromatic nitrogens is 2. The van der Waals surface area contributed by atoms with Crippen LogP contribution < -0.4 is 10.1 Å². The Labute approximate surface area is 152 Å². The molecule has 0 radical (unpaired) electrons. The summed E-state index contributed by atoms with van der Waals surface area (Å²) in [5, 5.41) is 6.68. The molecule has 1 N–H and O–H groups in total. The Balaban J connectivity index is 1.52. The summed E-state index contributed by atoms with van der Waals surface area (Å²) < 4.78 is 10.5. The van der Waals surface area contributed by atoms with Gasteiger partial charge < -0.3 is 14.6 Å². The third kappa shape index (κ3) is 4.47. The van der Waals surface area contributed by atoms with Crippen LogP contribution in [-0.2, 0) is 4.79 Å². The molecule has 6 heteroatoms. The molecule has 0 bridgehead atoms. The van der Waals surface area contributed by atoms with Gasteiger partial charge in [-0.25, -0.2) is 0 Å². The molecule has 134 valence electrons. The van der Waals surface area contributed by atoms with Crippen LogP contribution in [0.3, 0.4) is 0 Å². The van der Waals surface area contributed by atoms with E-state index in [2.05, 4.69) is 29.3 Å². The van der Waals surface area contributed by atoms with Gasteiger partial charge in [0.1, 0.15) is 5.75 Å². The van der Waals surface area contributed by atoms with Crippen LogP contribution in [-0.4, -0.2) is 22.7 Å². The fourth-order valence-electron chi connectivity index (χ4n) is 2.41. The number of aryl methyl sites for hydroxylation is 1. The molecular formula is C20H21N3O3. The van der Waals surface area contributed by atoms with Crippen molar-refractivity contribution in [3.8, 4) is 17.1 Å². The summed E-state index contributed by atoms with van der Waals surface area (Å²) in [7, 11) is 0. The number of carbonyl (C=O) groups excluding carboxylic acids is 1. The average Bonchev–Trinajstić information content (AvgIpc) is 3.07. The Bertz CT molecular complexity index is 868. The lowest BCUT2D eigenvalue weighted by atomic mass is 10.0. The summed E-state index contributed by atoms with van der Waals surface area (Å²) in [5.41, 5.74) is 2.81. The molecule has 3 rings (SSSR count). The van der Waals surface area contributed by atoms with E-state index in [4.69, 9.17) is 9.26 Å². The highest BCUT2D eigenvalue weighted by Gasteiger charge is 2.07. The Morgan fingerprint density at radius 1 is 1.12 bits per heavy atom. The van der Waals surface area contributed by atoms with Crippen LogP contribution in [0.4, 0.5) is 5.69 Å². The minimum absolute atomic E-state index is 0.0629. The fraction of sp³-hybridized carbons (Fsp3) is 0.250. The van der Waals surface area contributed by atoms with E-state index in [0.29, 0.717) is 23.4 Å². The lowest BCUT2D eigenvalue weighted by Gasteiger charge is -2.09. The molecule has 0 atom stereocenters. The molecule has 6 nitrogen and oxygen atoms in total. The predicted molar refractivity (Wildman–Crippen MR) is 99.1 cm³/mol. The number of nitrogens with zero attached hydrogens (tertiary/aromatic N) is 2. The quantitative estimate of drug-likeness (QED) is 0.721. The van der Waals surface area contributed by atoms with E-state index in [-0.39, 0.29) is 12.5 Å². The first-order valence-corrected chi connectivity index (χ1v) is 8.44. The van der Waals surface area contributed by atoms with Gasteiger partial charge in [-0.3, -0.25) is 4.79 Å². The van der Waals surface area contributed by atoms with Gasteiger partial charge in [0.05, 0.1) is 0 Å². The number of nitrogens with one attached hydrogen (secondary N) is 1. The van der Waals surface area contributed by atoms with Crippen LogP contribution in [0.5, 0.6) is 5.75 Å². The Hall–Kier alpha value is -3.15. The third-order valence-corrected chi connectivity index (χ3v) is 3.87. The van der Waals surface area contributed by atoms with Crippen molar-refractivity contribution in [3.05, 3.63) is 60.0 Å². The van der Waals surface area contributed by atoms with Crippen molar-refractivity contribution in [1.29, 1.82) is 0 Å². The van der Waals surface area contributed by atoms with Crippen LogP contribution in [0.25, 0.3) is 11.4 Å². The van der Waals surface area contributed by atoms with Crippen LogP contribution in [0.1, 0.15) is 31.2 Å². The molecule has 2 aromatic carbocycles. The number of hydrogen-bond donors (Lipinski definition) is 1. The number of ether oxygens (including phenoxy) is 1. The van der Waals surface area contributed by atoms with E-state index in [0.717, 1.165) is 11.3 Å². The molecule has 1 amide bonds. The third-order valence-electron chi connectivity index (χ3n) is 3.87. The number of amides is 1. The minimum atomic E-state index is -0.208. The summed E-state index contributed by atoms with van der Waals surface area (Å²) in [5.74, 6) is 1.89. The van der Waals surface area contributed by atoms with E-state index in [1.807, 2.05) is 36.4 Å². The van der Waals surface area contributed by atoms with Crippen molar-refractivity contribution in [2.75, 3.05) is 11.9 Å². The smallest absolute Gasteiger partial charge is 0.262 e. The second-order valence-corrected chi connectivity index (χ2v) is 6.27. The molecule has 0 aliphatic rings. The van der Waals surface area contributed by atoms with E-state index in [1.165, 1.54) is 5.56 Å². The van der Waals surface area contributed by atoms with Crippen molar-refractivity contribution < 1.29 is 14.1 Å². The summed E-state index contributed by atoms with van der Waals surface area (Å²) in [6, 6.07) is 15.0. The number of rotatable bonds is 6. The summed E-state index contributed by atoms with van der Waals surface area (Å²) in [6.07, 6.45) is 0. The van der Waals surface area contributed by atoms with E-state index in [9.17, 15) is 4.79 Å². The molecule has 0 fully saturated rings. The Morgan fingerprint density at radius 2 is 1.81 bits per heavy atom. The van der Waals surface area contributed by atoms with Gasteiger partial charge in [0.15, 0.2) is 6.61 Å². The van der Waals surface area contributed by atoms with Crippen molar-refractivity contribution in [1.82, 2.24) is 10.1 Å². The van der Waals surface area contributed by atoms with Crippen LogP contribution in [0.2, 0.25) is 0 Å². The summed E-state index contributed by atoms with van der Waals surface area (Å²) >= 11 is 0. The maximum Gasteiger partial charge on any atom is 0.262 e. The van der Waals surface area contributed by atoms with Gasteiger partial charge in [-0.1, -0.05) is 31.1 Å². The van der Waals surface area contributed by atoms with Crippen LogP contribution >= 0.6 is 0 Å². The van der Waals surface area contributed by atoms with Gasteiger partial charge in [-0.05, 0) is 47.9 Å². The second kappa shape index (κ2) is 7.82. The molecule has 1 aromatic heterocycles. The van der Waals surface area contributed by atoms with Crippen molar-refractivity contribution in [2.24, 2.45) is 0 Å². The van der Waals surface area contributed by atoms with Gasteiger partial charge in [0.2, 0.25) is 11.7 Å². The van der Waals surface area contributed by atoms with E-state index in [1.54, 1.807) is 19.1 Å².